The van der Waals surface area contributed by atoms with E-state index in [1.165, 1.54) is 12.1 Å². The summed E-state index contributed by atoms with van der Waals surface area (Å²) >= 11 is 0. The SMILES string of the molecule is CC[C@@H](NC(=O)c1ccc(Oc2cc(C)n[nH]c2=O)c(C)c1)C(=O)N1[C@H](C2(C)C=C(F)C=CC2)CC[C@@H]1C(C)(C)C#N. The molecule has 1 aromatic heterocycles. The molecule has 1 unspecified atom stereocenters. The van der Waals surface area contributed by atoms with Gasteiger partial charge in [0.1, 0.15) is 17.6 Å². The predicted octanol–water partition coefficient (Wildman–Crippen LogP) is 5.42. The third-order valence-corrected chi connectivity index (χ3v) is 8.39. The van der Waals surface area contributed by atoms with Crippen LogP contribution >= 0.6 is 0 Å². The molecule has 0 saturated carbocycles. The van der Waals surface area contributed by atoms with Gasteiger partial charge in [-0.2, -0.15) is 10.4 Å². The van der Waals surface area contributed by atoms with Crippen LogP contribution in [0.25, 0.3) is 0 Å². The lowest BCUT2D eigenvalue weighted by Gasteiger charge is -2.44. The number of allylic oxidation sites excluding steroid dienone is 3. The quantitative estimate of drug-likeness (QED) is 0.433. The molecule has 4 atom stereocenters. The second kappa shape index (κ2) is 11.9. The Morgan fingerprint density at radius 1 is 1.29 bits per heavy atom. The molecule has 9 nitrogen and oxygen atoms in total. The van der Waals surface area contributed by atoms with Gasteiger partial charge < -0.3 is 15.0 Å². The molecule has 0 spiro atoms. The fraction of sp³-hybridized carbons (Fsp3) is 0.469. The molecule has 0 bridgehead atoms. The van der Waals surface area contributed by atoms with E-state index in [0.29, 0.717) is 48.3 Å². The molecule has 1 saturated heterocycles. The number of amides is 2. The van der Waals surface area contributed by atoms with Gasteiger partial charge >= 0.3 is 5.56 Å². The minimum Gasteiger partial charge on any atom is -0.451 e. The van der Waals surface area contributed by atoms with Crippen molar-refractivity contribution in [3.63, 3.8) is 0 Å². The minimum absolute atomic E-state index is 0.0892. The molecule has 10 heteroatoms. The summed E-state index contributed by atoms with van der Waals surface area (Å²) in [6, 6.07) is 7.11. The molecule has 1 aliphatic heterocycles. The highest BCUT2D eigenvalue weighted by molar-refractivity contribution is 5.98. The van der Waals surface area contributed by atoms with Crippen LogP contribution in [-0.2, 0) is 4.79 Å². The number of aromatic nitrogens is 2. The number of hydrogen-bond donors (Lipinski definition) is 2. The van der Waals surface area contributed by atoms with Gasteiger partial charge in [0.15, 0.2) is 5.75 Å². The standard InChI is InChI=1S/C32H38FN5O4/c1-7-23(35-28(39)21-10-11-24(19(2)15-21)42-25-16-20(3)36-37-29(25)40)30(41)38-26(31(4,5)18-34)12-13-27(38)32(6)14-8-9-22(33)17-32/h8-11,15-17,23,26-27H,7,12-14H2,1-6H3,(H,35,39)(H,37,40)/t23-,26-,27+,32?/m1/s1. The first kappa shape index (κ1) is 30.7. The van der Waals surface area contributed by atoms with E-state index in [9.17, 15) is 24.0 Å². The predicted molar refractivity (Wildman–Crippen MR) is 156 cm³/mol. The number of ether oxygens (including phenoxy) is 1. The highest BCUT2D eigenvalue weighted by Gasteiger charge is 2.51. The van der Waals surface area contributed by atoms with Crippen LogP contribution in [0.2, 0.25) is 0 Å². The summed E-state index contributed by atoms with van der Waals surface area (Å²) in [5, 5.41) is 19.0. The maximum absolute atomic E-state index is 14.4. The Morgan fingerprint density at radius 3 is 2.67 bits per heavy atom. The average Bonchev–Trinajstić information content (AvgIpc) is 3.41. The third-order valence-electron chi connectivity index (χ3n) is 8.39. The summed E-state index contributed by atoms with van der Waals surface area (Å²) in [4.78, 5) is 41.4. The molecule has 2 heterocycles. The van der Waals surface area contributed by atoms with Gasteiger partial charge in [-0.25, -0.2) is 9.49 Å². The minimum atomic E-state index is -0.846. The highest BCUT2D eigenvalue weighted by Crippen LogP contribution is 2.47. The van der Waals surface area contributed by atoms with Crippen molar-refractivity contribution in [2.24, 2.45) is 10.8 Å². The van der Waals surface area contributed by atoms with Crippen molar-refractivity contribution in [3.05, 3.63) is 75.5 Å². The lowest BCUT2D eigenvalue weighted by Crippen LogP contribution is -2.58. The van der Waals surface area contributed by atoms with Crippen molar-refractivity contribution in [2.75, 3.05) is 0 Å². The first-order valence-corrected chi connectivity index (χ1v) is 14.2. The molecule has 1 aliphatic carbocycles. The molecule has 0 radical (unpaired) electrons. The molecular formula is C32H38FN5O4. The zero-order valence-corrected chi connectivity index (χ0v) is 25.0. The number of carbonyl (C=O) groups excluding carboxylic acids is 2. The number of rotatable bonds is 8. The van der Waals surface area contributed by atoms with Crippen LogP contribution in [0, 0.1) is 36.0 Å². The number of benzene rings is 1. The maximum atomic E-state index is 14.4. The van der Waals surface area contributed by atoms with Gasteiger partial charge in [0.2, 0.25) is 5.91 Å². The molecule has 2 N–H and O–H groups in total. The van der Waals surface area contributed by atoms with E-state index < -0.39 is 28.3 Å². The van der Waals surface area contributed by atoms with Crippen LogP contribution in [0.15, 0.2) is 53.1 Å². The van der Waals surface area contributed by atoms with Crippen LogP contribution in [0.1, 0.15) is 75.0 Å². The molecule has 1 fully saturated rings. The molecule has 1 aromatic carbocycles. The highest BCUT2D eigenvalue weighted by atomic mass is 19.1. The summed E-state index contributed by atoms with van der Waals surface area (Å²) in [6.45, 7) is 10.9. The van der Waals surface area contributed by atoms with Gasteiger partial charge in [-0.05, 0) is 89.3 Å². The zero-order valence-electron chi connectivity index (χ0n) is 25.0. The van der Waals surface area contributed by atoms with Gasteiger partial charge in [-0.15, -0.1) is 0 Å². The summed E-state index contributed by atoms with van der Waals surface area (Å²) in [5.74, 6) is -0.568. The molecule has 2 aromatic rings. The van der Waals surface area contributed by atoms with E-state index in [1.807, 2.05) is 27.7 Å². The Bertz CT molecular complexity index is 1540. The first-order chi connectivity index (χ1) is 19.8. The van der Waals surface area contributed by atoms with Gasteiger partial charge in [0.05, 0.1) is 23.2 Å². The first-order valence-electron chi connectivity index (χ1n) is 14.2. The molecule has 42 heavy (non-hydrogen) atoms. The lowest BCUT2D eigenvalue weighted by molar-refractivity contribution is -0.140. The van der Waals surface area contributed by atoms with Gasteiger partial charge in [0, 0.05) is 23.1 Å². The van der Waals surface area contributed by atoms with Crippen LogP contribution < -0.4 is 15.6 Å². The van der Waals surface area contributed by atoms with Crippen LogP contribution in [0.4, 0.5) is 4.39 Å². The van der Waals surface area contributed by atoms with E-state index >= 15 is 0 Å². The smallest absolute Gasteiger partial charge is 0.307 e. The molecule has 2 amide bonds. The maximum Gasteiger partial charge on any atom is 0.307 e. The molecule has 2 aliphatic rings. The number of H-pyrrole nitrogens is 1. The lowest BCUT2D eigenvalue weighted by atomic mass is 9.75. The summed E-state index contributed by atoms with van der Waals surface area (Å²) in [6.07, 6.45) is 6.92. The fourth-order valence-electron chi connectivity index (χ4n) is 5.97. The van der Waals surface area contributed by atoms with E-state index in [2.05, 4.69) is 21.6 Å². The molecule has 4 rings (SSSR count). The number of carbonyl (C=O) groups is 2. The molecule has 222 valence electrons. The summed E-state index contributed by atoms with van der Waals surface area (Å²) in [5.41, 5.74) is -0.410. The van der Waals surface area contributed by atoms with Crippen molar-refractivity contribution >= 4 is 11.8 Å². The number of nitrogens with one attached hydrogen (secondary N) is 2. The molecular weight excluding hydrogens is 537 g/mol. The average molecular weight is 576 g/mol. The van der Waals surface area contributed by atoms with Crippen molar-refractivity contribution in [1.82, 2.24) is 20.4 Å². The van der Waals surface area contributed by atoms with Gasteiger partial charge in [-0.3, -0.25) is 14.4 Å². The largest absolute Gasteiger partial charge is 0.451 e. The van der Waals surface area contributed by atoms with E-state index in [0.717, 1.165) is 0 Å². The Balaban J connectivity index is 1.57. The monoisotopic (exact) mass is 575 g/mol. The topological polar surface area (TPSA) is 128 Å². The summed E-state index contributed by atoms with van der Waals surface area (Å²) in [7, 11) is 0. The number of halogens is 1. The van der Waals surface area contributed by atoms with Crippen LogP contribution in [-0.4, -0.2) is 45.0 Å². The normalized spacial score (nSPS) is 22.7. The Labute approximate surface area is 245 Å². The van der Waals surface area contributed by atoms with Gasteiger partial charge in [0.25, 0.3) is 5.91 Å². The van der Waals surface area contributed by atoms with Crippen molar-refractivity contribution in [2.45, 2.75) is 85.4 Å². The second-order valence-electron chi connectivity index (χ2n) is 12.0. The Kier molecular flexibility index (Phi) is 8.71. The third kappa shape index (κ3) is 6.15. The fourth-order valence-corrected chi connectivity index (χ4v) is 5.97. The number of aryl methyl sites for hydroxylation is 2. The number of nitriles is 1. The number of hydrogen-bond acceptors (Lipinski definition) is 6. The van der Waals surface area contributed by atoms with E-state index in [4.69, 9.17) is 4.74 Å². The summed E-state index contributed by atoms with van der Waals surface area (Å²) < 4.78 is 20.2. The van der Waals surface area contributed by atoms with Crippen LogP contribution in [0.5, 0.6) is 11.5 Å². The number of likely N-dealkylation sites (tertiary alicyclic amines) is 1. The Morgan fingerprint density at radius 2 is 2.02 bits per heavy atom. The van der Waals surface area contributed by atoms with Crippen LogP contribution in [0.3, 0.4) is 0 Å². The number of aromatic amines is 1. The second-order valence-corrected chi connectivity index (χ2v) is 12.0. The zero-order chi connectivity index (χ0) is 30.8. The van der Waals surface area contributed by atoms with E-state index in [-0.39, 0.29) is 29.6 Å². The Hall–Kier alpha value is -4.26. The van der Waals surface area contributed by atoms with Crippen molar-refractivity contribution in [1.29, 1.82) is 5.26 Å². The van der Waals surface area contributed by atoms with Crippen molar-refractivity contribution < 1.29 is 18.7 Å². The van der Waals surface area contributed by atoms with E-state index in [1.54, 1.807) is 49.1 Å². The number of nitrogens with zero attached hydrogens (tertiary/aromatic N) is 3. The van der Waals surface area contributed by atoms with Crippen molar-refractivity contribution in [3.8, 4) is 17.6 Å². The van der Waals surface area contributed by atoms with Gasteiger partial charge in [-0.1, -0.05) is 19.9 Å².